The number of nitrogens with zero attached hydrogens (tertiary/aromatic N) is 1. The van der Waals surface area contributed by atoms with Gasteiger partial charge in [-0.1, -0.05) is 13.5 Å². The number of hydroxylamine groups is 2. The molecular formula is C7H13NO2. The van der Waals surface area contributed by atoms with Crippen molar-refractivity contribution in [2.45, 2.75) is 13.3 Å². The molecule has 0 aliphatic carbocycles. The molecule has 0 N–H and O–H groups in total. The van der Waals surface area contributed by atoms with Crippen LogP contribution in [0.2, 0.25) is 0 Å². The number of amides is 1. The van der Waals surface area contributed by atoms with Gasteiger partial charge in [-0.05, 0) is 12.5 Å². The molecule has 3 heteroatoms. The lowest BCUT2D eigenvalue weighted by atomic mass is 10.5. The maximum atomic E-state index is 10.7. The summed E-state index contributed by atoms with van der Waals surface area (Å²) in [5, 5.41) is 1.18. The quantitative estimate of drug-likeness (QED) is 0.433. The maximum Gasteiger partial charge on any atom is 0.269 e. The van der Waals surface area contributed by atoms with Crippen LogP contribution < -0.4 is 0 Å². The van der Waals surface area contributed by atoms with Gasteiger partial charge in [0.25, 0.3) is 5.91 Å². The molecule has 0 rings (SSSR count). The topological polar surface area (TPSA) is 29.5 Å². The fourth-order valence-corrected chi connectivity index (χ4v) is 0.420. The average molecular weight is 143 g/mol. The highest BCUT2D eigenvalue weighted by atomic mass is 16.7. The first-order chi connectivity index (χ1) is 4.72. The Morgan fingerprint density at radius 2 is 2.40 bits per heavy atom. The second-order valence-electron chi connectivity index (χ2n) is 1.87. The van der Waals surface area contributed by atoms with Crippen LogP contribution in [0.5, 0.6) is 0 Å². The van der Waals surface area contributed by atoms with E-state index in [0.717, 1.165) is 6.42 Å². The Bertz CT molecular complexity index is 123. The number of carbonyl (C=O) groups is 1. The van der Waals surface area contributed by atoms with Crippen LogP contribution in [0.25, 0.3) is 0 Å². The van der Waals surface area contributed by atoms with Crippen LogP contribution in [0.15, 0.2) is 12.7 Å². The highest BCUT2D eigenvalue weighted by molar-refractivity contribution is 5.85. The second kappa shape index (κ2) is 4.99. The van der Waals surface area contributed by atoms with Gasteiger partial charge in [-0.15, -0.1) is 0 Å². The van der Waals surface area contributed by atoms with E-state index in [1.807, 2.05) is 6.92 Å². The predicted octanol–water partition coefficient (Wildman–Crippen LogP) is 0.972. The third kappa shape index (κ3) is 3.25. The van der Waals surface area contributed by atoms with Crippen LogP contribution in [0, 0.1) is 0 Å². The van der Waals surface area contributed by atoms with E-state index in [4.69, 9.17) is 4.84 Å². The van der Waals surface area contributed by atoms with Crippen LogP contribution in [-0.2, 0) is 9.63 Å². The number of hydrogen-bond acceptors (Lipinski definition) is 2. The van der Waals surface area contributed by atoms with Crippen molar-refractivity contribution in [3.05, 3.63) is 12.7 Å². The zero-order chi connectivity index (χ0) is 7.98. The summed E-state index contributed by atoms with van der Waals surface area (Å²) in [4.78, 5) is 15.7. The first kappa shape index (κ1) is 9.17. The van der Waals surface area contributed by atoms with Crippen molar-refractivity contribution < 1.29 is 9.63 Å². The van der Waals surface area contributed by atoms with Crippen LogP contribution in [0.3, 0.4) is 0 Å². The summed E-state index contributed by atoms with van der Waals surface area (Å²) in [6.45, 7) is 5.86. The molecule has 0 unspecified atom stereocenters. The Balaban J connectivity index is 3.51. The summed E-state index contributed by atoms with van der Waals surface area (Å²) in [5.74, 6) is -0.214. The van der Waals surface area contributed by atoms with E-state index in [1.54, 1.807) is 7.05 Å². The third-order valence-corrected chi connectivity index (χ3v) is 0.974. The molecule has 0 radical (unpaired) electrons. The van der Waals surface area contributed by atoms with E-state index < -0.39 is 0 Å². The van der Waals surface area contributed by atoms with Crippen molar-refractivity contribution in [2.24, 2.45) is 0 Å². The predicted molar refractivity (Wildman–Crippen MR) is 39.2 cm³/mol. The standard InChI is InChI=1S/C7H13NO2/c1-4-6-10-8(3)7(9)5-2/h5H,2,4,6H2,1,3H3. The third-order valence-electron chi connectivity index (χ3n) is 0.974. The molecule has 0 saturated heterocycles. The van der Waals surface area contributed by atoms with Gasteiger partial charge < -0.3 is 0 Å². The Morgan fingerprint density at radius 3 is 2.80 bits per heavy atom. The smallest absolute Gasteiger partial charge is 0.269 e. The molecule has 0 bridgehead atoms. The fourth-order valence-electron chi connectivity index (χ4n) is 0.420. The van der Waals surface area contributed by atoms with Crippen LogP contribution in [-0.4, -0.2) is 24.6 Å². The second-order valence-corrected chi connectivity index (χ2v) is 1.87. The first-order valence-electron chi connectivity index (χ1n) is 3.25. The minimum atomic E-state index is -0.214. The van der Waals surface area contributed by atoms with Crippen molar-refractivity contribution in [2.75, 3.05) is 13.7 Å². The van der Waals surface area contributed by atoms with E-state index in [0.29, 0.717) is 6.61 Å². The van der Waals surface area contributed by atoms with E-state index in [2.05, 4.69) is 6.58 Å². The lowest BCUT2D eigenvalue weighted by Gasteiger charge is -2.13. The molecule has 0 fully saturated rings. The largest absolute Gasteiger partial charge is 0.271 e. The van der Waals surface area contributed by atoms with Gasteiger partial charge in [0.05, 0.1) is 6.61 Å². The summed E-state index contributed by atoms with van der Waals surface area (Å²) in [6.07, 6.45) is 2.12. The number of rotatable bonds is 4. The molecule has 0 spiro atoms. The molecule has 0 aliphatic rings. The molecule has 0 atom stereocenters. The summed E-state index contributed by atoms with van der Waals surface area (Å²) in [7, 11) is 1.57. The summed E-state index contributed by atoms with van der Waals surface area (Å²) >= 11 is 0. The minimum Gasteiger partial charge on any atom is -0.271 e. The molecule has 0 aromatic rings. The number of carbonyl (C=O) groups excluding carboxylic acids is 1. The highest BCUT2D eigenvalue weighted by Crippen LogP contribution is 1.88. The van der Waals surface area contributed by atoms with Crippen molar-refractivity contribution in [1.82, 2.24) is 5.06 Å². The van der Waals surface area contributed by atoms with Crippen LogP contribution >= 0.6 is 0 Å². The molecular weight excluding hydrogens is 130 g/mol. The summed E-state index contributed by atoms with van der Waals surface area (Å²) in [6, 6.07) is 0. The highest BCUT2D eigenvalue weighted by Gasteiger charge is 2.01. The zero-order valence-corrected chi connectivity index (χ0v) is 6.46. The minimum absolute atomic E-state index is 0.214. The van der Waals surface area contributed by atoms with Crippen LogP contribution in [0.4, 0.5) is 0 Å². The number of likely N-dealkylation sites (N-methyl/N-ethyl adjacent to an activating group) is 1. The normalized spacial score (nSPS) is 9.00. The molecule has 10 heavy (non-hydrogen) atoms. The first-order valence-corrected chi connectivity index (χ1v) is 3.25. The lowest BCUT2D eigenvalue weighted by molar-refractivity contribution is -0.172. The monoisotopic (exact) mass is 143 g/mol. The molecule has 0 aromatic carbocycles. The van der Waals surface area contributed by atoms with Gasteiger partial charge in [0.1, 0.15) is 0 Å². The van der Waals surface area contributed by atoms with Gasteiger partial charge in [-0.2, -0.15) is 0 Å². The van der Waals surface area contributed by atoms with Crippen molar-refractivity contribution in [3.63, 3.8) is 0 Å². The Kier molecular flexibility index (Phi) is 4.58. The van der Waals surface area contributed by atoms with E-state index in [9.17, 15) is 4.79 Å². The van der Waals surface area contributed by atoms with Gasteiger partial charge in [0, 0.05) is 7.05 Å². The van der Waals surface area contributed by atoms with Gasteiger partial charge in [0.15, 0.2) is 0 Å². The molecule has 1 amide bonds. The maximum absolute atomic E-state index is 10.7. The van der Waals surface area contributed by atoms with Gasteiger partial charge in [-0.25, -0.2) is 5.06 Å². The summed E-state index contributed by atoms with van der Waals surface area (Å²) in [5.41, 5.74) is 0. The SMILES string of the molecule is C=CC(=O)N(C)OCCC. The molecule has 0 saturated carbocycles. The fraction of sp³-hybridized carbons (Fsp3) is 0.571. The van der Waals surface area contributed by atoms with E-state index >= 15 is 0 Å². The zero-order valence-electron chi connectivity index (χ0n) is 6.46. The average Bonchev–Trinajstić information content (AvgIpc) is 1.98. The Morgan fingerprint density at radius 1 is 1.80 bits per heavy atom. The molecule has 0 aliphatic heterocycles. The number of hydrogen-bond donors (Lipinski definition) is 0. The Labute approximate surface area is 61.2 Å². The molecule has 3 nitrogen and oxygen atoms in total. The summed E-state index contributed by atoms with van der Waals surface area (Å²) < 4.78 is 0. The molecule has 0 heterocycles. The molecule has 58 valence electrons. The van der Waals surface area contributed by atoms with Crippen molar-refractivity contribution in [1.29, 1.82) is 0 Å². The van der Waals surface area contributed by atoms with Crippen molar-refractivity contribution >= 4 is 5.91 Å². The Hall–Kier alpha value is -0.830. The van der Waals surface area contributed by atoms with Crippen molar-refractivity contribution in [3.8, 4) is 0 Å². The molecule has 0 aromatic heterocycles. The van der Waals surface area contributed by atoms with Gasteiger partial charge >= 0.3 is 0 Å². The van der Waals surface area contributed by atoms with E-state index in [-0.39, 0.29) is 5.91 Å². The van der Waals surface area contributed by atoms with E-state index in [1.165, 1.54) is 11.1 Å². The van der Waals surface area contributed by atoms with Gasteiger partial charge in [-0.3, -0.25) is 9.63 Å². The lowest BCUT2D eigenvalue weighted by Crippen LogP contribution is -2.25. The van der Waals surface area contributed by atoms with Gasteiger partial charge in [0.2, 0.25) is 0 Å². The van der Waals surface area contributed by atoms with Crippen LogP contribution in [0.1, 0.15) is 13.3 Å².